The molecule has 0 spiro atoms. The number of hydrogen-bond donors (Lipinski definition) is 1. The van der Waals surface area contributed by atoms with Crippen molar-refractivity contribution in [1.82, 2.24) is 9.71 Å². The lowest BCUT2D eigenvalue weighted by Gasteiger charge is -2.03. The molecule has 0 fully saturated rings. The van der Waals surface area contributed by atoms with Crippen LogP contribution in [-0.2, 0) is 16.4 Å². The Morgan fingerprint density at radius 1 is 1.44 bits per heavy atom. The van der Waals surface area contributed by atoms with Crippen molar-refractivity contribution < 1.29 is 12.8 Å². The summed E-state index contributed by atoms with van der Waals surface area (Å²) in [5, 5.41) is 0.941. The van der Waals surface area contributed by atoms with Crippen LogP contribution in [0.25, 0.3) is 0 Å². The Labute approximate surface area is 110 Å². The summed E-state index contributed by atoms with van der Waals surface area (Å²) in [6.07, 6.45) is 1.97. The maximum absolute atomic E-state index is 11.8. The number of thiazole rings is 1. The van der Waals surface area contributed by atoms with Crippen LogP contribution < -0.4 is 4.72 Å². The Morgan fingerprint density at radius 3 is 2.78 bits per heavy atom. The molecule has 0 aliphatic carbocycles. The number of hydrogen-bond acceptors (Lipinski definition) is 5. The second kappa shape index (κ2) is 5.21. The first-order valence-electron chi connectivity index (χ1n) is 5.45. The van der Waals surface area contributed by atoms with Gasteiger partial charge in [-0.1, -0.05) is 0 Å². The minimum atomic E-state index is -3.53. The fourth-order valence-corrected chi connectivity index (χ4v) is 3.48. The van der Waals surface area contributed by atoms with Crippen molar-refractivity contribution >= 4 is 21.4 Å². The second-order valence-corrected chi connectivity index (χ2v) is 6.81. The third kappa shape index (κ3) is 2.98. The zero-order valence-electron chi connectivity index (χ0n) is 10.1. The summed E-state index contributed by atoms with van der Waals surface area (Å²) in [5.41, 5.74) is 0.967. The van der Waals surface area contributed by atoms with E-state index in [0.29, 0.717) is 13.0 Å². The SMILES string of the molecule is Cc1nc(C)c(CCNS(=O)(=O)c2ccco2)s1. The van der Waals surface area contributed by atoms with Crippen molar-refractivity contribution in [2.45, 2.75) is 25.4 Å². The van der Waals surface area contributed by atoms with Gasteiger partial charge in [-0.2, -0.15) is 0 Å². The molecule has 0 bridgehead atoms. The van der Waals surface area contributed by atoms with Crippen LogP contribution >= 0.6 is 11.3 Å². The van der Waals surface area contributed by atoms with Crippen molar-refractivity contribution in [3.63, 3.8) is 0 Å². The molecule has 0 saturated heterocycles. The van der Waals surface area contributed by atoms with Crippen LogP contribution in [0.2, 0.25) is 0 Å². The van der Waals surface area contributed by atoms with E-state index >= 15 is 0 Å². The maximum Gasteiger partial charge on any atom is 0.273 e. The number of sulfonamides is 1. The van der Waals surface area contributed by atoms with Gasteiger partial charge in [-0.25, -0.2) is 18.1 Å². The van der Waals surface area contributed by atoms with Crippen LogP contribution in [0, 0.1) is 13.8 Å². The Morgan fingerprint density at radius 2 is 2.22 bits per heavy atom. The van der Waals surface area contributed by atoms with Crippen molar-refractivity contribution in [2.75, 3.05) is 6.54 Å². The summed E-state index contributed by atoms with van der Waals surface area (Å²) >= 11 is 1.59. The second-order valence-electron chi connectivity index (χ2n) is 3.82. The highest BCUT2D eigenvalue weighted by atomic mass is 32.2. The van der Waals surface area contributed by atoms with E-state index in [4.69, 9.17) is 4.42 Å². The molecule has 0 unspecified atom stereocenters. The van der Waals surface area contributed by atoms with Crippen molar-refractivity contribution in [2.24, 2.45) is 0 Å². The standard InChI is InChI=1S/C11H14N2O3S2/c1-8-10(17-9(2)13-8)5-6-12-18(14,15)11-4-3-7-16-11/h3-4,7,12H,5-6H2,1-2H3. The fourth-order valence-electron chi connectivity index (χ4n) is 1.59. The van der Waals surface area contributed by atoms with Gasteiger partial charge in [-0.15, -0.1) is 11.3 Å². The fraction of sp³-hybridized carbons (Fsp3) is 0.364. The summed E-state index contributed by atoms with van der Waals surface area (Å²) < 4.78 is 30.9. The van der Waals surface area contributed by atoms with E-state index in [2.05, 4.69) is 9.71 Å². The van der Waals surface area contributed by atoms with Crippen LogP contribution in [0.4, 0.5) is 0 Å². The van der Waals surface area contributed by atoms with Crippen LogP contribution in [0.15, 0.2) is 27.9 Å². The molecule has 98 valence electrons. The summed E-state index contributed by atoms with van der Waals surface area (Å²) in [5.74, 6) is 0. The number of nitrogens with one attached hydrogen (secondary N) is 1. The van der Waals surface area contributed by atoms with Gasteiger partial charge in [0.2, 0.25) is 5.09 Å². The number of rotatable bonds is 5. The van der Waals surface area contributed by atoms with Crippen LogP contribution in [-0.4, -0.2) is 19.9 Å². The minimum Gasteiger partial charge on any atom is -0.452 e. The van der Waals surface area contributed by atoms with Gasteiger partial charge >= 0.3 is 0 Å². The number of furan rings is 1. The molecule has 2 aromatic heterocycles. The average Bonchev–Trinajstić information content (AvgIpc) is 2.89. The first-order valence-corrected chi connectivity index (χ1v) is 7.75. The lowest BCUT2D eigenvalue weighted by molar-refractivity contribution is 0.446. The molecule has 0 atom stereocenters. The molecule has 0 radical (unpaired) electrons. The normalized spacial score (nSPS) is 11.9. The Balaban J connectivity index is 1.95. The molecule has 1 N–H and O–H groups in total. The molecule has 0 amide bonds. The predicted octanol–water partition coefficient (Wildman–Crippen LogP) is 1.87. The highest BCUT2D eigenvalue weighted by Crippen LogP contribution is 2.17. The first kappa shape index (κ1) is 13.3. The van der Waals surface area contributed by atoms with Gasteiger partial charge < -0.3 is 4.42 Å². The first-order chi connectivity index (χ1) is 8.49. The van der Waals surface area contributed by atoms with Gasteiger partial charge in [0.1, 0.15) is 0 Å². The lowest BCUT2D eigenvalue weighted by atomic mass is 10.3. The molecule has 18 heavy (non-hydrogen) atoms. The Hall–Kier alpha value is -1.18. The summed E-state index contributed by atoms with van der Waals surface area (Å²) in [4.78, 5) is 5.40. The molecular formula is C11H14N2O3S2. The van der Waals surface area contributed by atoms with Gasteiger partial charge in [-0.3, -0.25) is 0 Å². The average molecular weight is 286 g/mol. The summed E-state index contributed by atoms with van der Waals surface area (Å²) in [6.45, 7) is 4.21. The highest BCUT2D eigenvalue weighted by molar-refractivity contribution is 7.89. The van der Waals surface area contributed by atoms with Crippen LogP contribution in [0.5, 0.6) is 0 Å². The molecule has 2 rings (SSSR count). The van der Waals surface area contributed by atoms with Crippen LogP contribution in [0.1, 0.15) is 15.6 Å². The van der Waals surface area contributed by atoms with Crippen LogP contribution in [0.3, 0.4) is 0 Å². The molecule has 0 aromatic carbocycles. The van der Waals surface area contributed by atoms with E-state index in [9.17, 15) is 8.42 Å². The summed E-state index contributed by atoms with van der Waals surface area (Å²) in [6, 6.07) is 2.97. The molecule has 0 saturated carbocycles. The largest absolute Gasteiger partial charge is 0.452 e. The molecule has 0 aliphatic heterocycles. The molecular weight excluding hydrogens is 272 g/mol. The zero-order valence-corrected chi connectivity index (χ0v) is 11.8. The lowest BCUT2D eigenvalue weighted by Crippen LogP contribution is -2.25. The predicted molar refractivity (Wildman–Crippen MR) is 69.2 cm³/mol. The Kier molecular flexibility index (Phi) is 3.84. The molecule has 2 heterocycles. The van der Waals surface area contributed by atoms with Crippen molar-refractivity contribution in [3.8, 4) is 0 Å². The molecule has 5 nitrogen and oxygen atoms in total. The van der Waals surface area contributed by atoms with E-state index in [1.165, 1.54) is 12.3 Å². The third-order valence-corrected chi connectivity index (χ3v) is 4.88. The number of nitrogens with zero attached hydrogens (tertiary/aromatic N) is 1. The zero-order chi connectivity index (χ0) is 13.2. The molecule has 0 aliphatic rings. The van der Waals surface area contributed by atoms with Gasteiger partial charge in [0.05, 0.1) is 17.0 Å². The smallest absolute Gasteiger partial charge is 0.273 e. The number of aromatic nitrogens is 1. The molecule has 7 heteroatoms. The maximum atomic E-state index is 11.8. The van der Waals surface area contributed by atoms with Gasteiger partial charge in [0.15, 0.2) is 0 Å². The van der Waals surface area contributed by atoms with E-state index < -0.39 is 10.0 Å². The topological polar surface area (TPSA) is 72.2 Å². The Bertz CT molecular complexity index is 615. The monoisotopic (exact) mass is 286 g/mol. The molecule has 2 aromatic rings. The van der Waals surface area contributed by atoms with Gasteiger partial charge in [0, 0.05) is 11.4 Å². The van der Waals surface area contributed by atoms with Gasteiger partial charge in [0.25, 0.3) is 10.0 Å². The van der Waals surface area contributed by atoms with E-state index in [0.717, 1.165) is 15.6 Å². The summed E-state index contributed by atoms with van der Waals surface area (Å²) in [7, 11) is -3.53. The quantitative estimate of drug-likeness (QED) is 0.911. The van der Waals surface area contributed by atoms with E-state index in [1.54, 1.807) is 17.4 Å². The van der Waals surface area contributed by atoms with E-state index in [1.807, 2.05) is 13.8 Å². The van der Waals surface area contributed by atoms with Crippen molar-refractivity contribution in [3.05, 3.63) is 34.0 Å². The third-order valence-electron chi connectivity index (χ3n) is 2.40. The van der Waals surface area contributed by atoms with Gasteiger partial charge in [-0.05, 0) is 32.4 Å². The van der Waals surface area contributed by atoms with E-state index in [-0.39, 0.29) is 5.09 Å². The highest BCUT2D eigenvalue weighted by Gasteiger charge is 2.16. The number of aryl methyl sites for hydroxylation is 2. The van der Waals surface area contributed by atoms with Crippen molar-refractivity contribution in [1.29, 1.82) is 0 Å². The minimum absolute atomic E-state index is 0.0558.